The van der Waals surface area contributed by atoms with Gasteiger partial charge in [-0.2, -0.15) is 0 Å². The quantitative estimate of drug-likeness (QED) is 0.158. The molecular weight excluding hydrogens is 629 g/mol. The van der Waals surface area contributed by atoms with Crippen molar-refractivity contribution in [1.29, 1.82) is 0 Å². The van der Waals surface area contributed by atoms with Crippen LogP contribution in [0.4, 0.5) is 22.7 Å². The maximum Gasteiger partial charge on any atom is 0.0623 e. The van der Waals surface area contributed by atoms with Crippen LogP contribution in [0.3, 0.4) is 0 Å². The molecule has 2 heteroatoms. The summed E-state index contributed by atoms with van der Waals surface area (Å²) < 4.78 is 0. The van der Waals surface area contributed by atoms with Gasteiger partial charge in [-0.3, -0.25) is 0 Å². The minimum atomic E-state index is 1.01. The maximum atomic E-state index is 3.70. The SMILES string of the molecule is c1ccc(-c2ccc(-c3c4ccccc4c(-c4ccc(Nc5ccccc5Nc5ccccc5-c5ccccc5)cc4)c4ccccc34)cc2)cc1. The van der Waals surface area contributed by atoms with Crippen LogP contribution in [0.15, 0.2) is 206 Å². The lowest BCUT2D eigenvalue weighted by Gasteiger charge is -2.19. The standard InChI is InChI=1S/C50H36N2/c1-3-15-35(16-4-1)36-27-29-38(30-28-36)49-42-20-7-9-22-44(42)50(45-23-10-8-21-43(45)49)39-31-33-40(34-32-39)51-47-25-13-14-26-48(47)52-46-24-12-11-19-41(46)37-17-5-2-6-18-37/h1-34,51-52H. The highest BCUT2D eigenvalue weighted by Crippen LogP contribution is 2.44. The Bertz CT molecular complexity index is 2590. The molecule has 9 aromatic carbocycles. The maximum absolute atomic E-state index is 3.70. The largest absolute Gasteiger partial charge is 0.354 e. The second-order valence-electron chi connectivity index (χ2n) is 13.1. The normalized spacial score (nSPS) is 11.1. The number of para-hydroxylation sites is 3. The van der Waals surface area contributed by atoms with Crippen LogP contribution in [0.2, 0.25) is 0 Å². The summed E-state index contributed by atoms with van der Waals surface area (Å²) >= 11 is 0. The van der Waals surface area contributed by atoms with Crippen LogP contribution in [0.1, 0.15) is 0 Å². The monoisotopic (exact) mass is 664 g/mol. The van der Waals surface area contributed by atoms with Crippen LogP contribution >= 0.6 is 0 Å². The summed E-state index contributed by atoms with van der Waals surface area (Å²) in [5.74, 6) is 0. The number of fused-ring (bicyclic) bond motifs is 2. The molecule has 246 valence electrons. The van der Waals surface area contributed by atoms with E-state index in [2.05, 4.69) is 217 Å². The molecule has 0 saturated carbocycles. The Labute approximate surface area is 304 Å². The Kier molecular flexibility index (Phi) is 8.24. The van der Waals surface area contributed by atoms with Crippen molar-refractivity contribution in [2.75, 3.05) is 10.6 Å². The number of benzene rings is 9. The summed E-state index contributed by atoms with van der Waals surface area (Å²) in [5, 5.41) is 12.4. The van der Waals surface area contributed by atoms with Crippen molar-refractivity contribution in [3.8, 4) is 44.5 Å². The molecule has 0 radical (unpaired) electrons. The Morgan fingerprint density at radius 2 is 0.596 bits per heavy atom. The third-order valence-electron chi connectivity index (χ3n) is 9.87. The number of hydrogen-bond acceptors (Lipinski definition) is 2. The van der Waals surface area contributed by atoms with E-state index in [-0.39, 0.29) is 0 Å². The highest BCUT2D eigenvalue weighted by Gasteiger charge is 2.17. The first-order valence-electron chi connectivity index (χ1n) is 17.8. The average Bonchev–Trinajstić information content (AvgIpc) is 3.22. The van der Waals surface area contributed by atoms with Crippen molar-refractivity contribution in [2.45, 2.75) is 0 Å². The first-order chi connectivity index (χ1) is 25.8. The molecule has 0 aromatic heterocycles. The van der Waals surface area contributed by atoms with Crippen molar-refractivity contribution < 1.29 is 0 Å². The van der Waals surface area contributed by atoms with Crippen LogP contribution in [0.5, 0.6) is 0 Å². The van der Waals surface area contributed by atoms with Gasteiger partial charge in [0.2, 0.25) is 0 Å². The van der Waals surface area contributed by atoms with Gasteiger partial charge in [-0.1, -0.05) is 176 Å². The number of nitrogens with one attached hydrogen (secondary N) is 2. The summed E-state index contributed by atoms with van der Waals surface area (Å²) in [6.45, 7) is 0. The molecule has 0 amide bonds. The van der Waals surface area contributed by atoms with Gasteiger partial charge in [0.15, 0.2) is 0 Å². The molecule has 0 aliphatic heterocycles. The van der Waals surface area contributed by atoms with Crippen molar-refractivity contribution in [3.05, 3.63) is 206 Å². The summed E-state index contributed by atoms with van der Waals surface area (Å²) in [5.41, 5.74) is 13.8. The van der Waals surface area contributed by atoms with Crippen LogP contribution in [-0.4, -0.2) is 0 Å². The first kappa shape index (κ1) is 31.1. The van der Waals surface area contributed by atoms with Gasteiger partial charge in [-0.25, -0.2) is 0 Å². The highest BCUT2D eigenvalue weighted by molar-refractivity contribution is 6.21. The Balaban J connectivity index is 1.06. The Hall–Kier alpha value is -6.90. The number of rotatable bonds is 8. The zero-order valence-corrected chi connectivity index (χ0v) is 28.6. The zero-order valence-electron chi connectivity index (χ0n) is 28.6. The Morgan fingerprint density at radius 3 is 1.13 bits per heavy atom. The molecule has 0 aliphatic carbocycles. The van der Waals surface area contributed by atoms with Crippen LogP contribution in [0, 0.1) is 0 Å². The van der Waals surface area contributed by atoms with Crippen LogP contribution in [0.25, 0.3) is 66.1 Å². The van der Waals surface area contributed by atoms with Gasteiger partial charge in [0, 0.05) is 16.9 Å². The van der Waals surface area contributed by atoms with E-state index in [1.807, 2.05) is 0 Å². The van der Waals surface area contributed by atoms with E-state index in [4.69, 9.17) is 0 Å². The Morgan fingerprint density at radius 1 is 0.231 bits per heavy atom. The molecule has 0 atom stereocenters. The van der Waals surface area contributed by atoms with Crippen molar-refractivity contribution >= 4 is 44.3 Å². The number of hydrogen-bond donors (Lipinski definition) is 2. The first-order valence-corrected chi connectivity index (χ1v) is 17.8. The third kappa shape index (κ3) is 5.97. The van der Waals surface area contributed by atoms with Crippen molar-refractivity contribution in [3.63, 3.8) is 0 Å². The molecule has 2 N–H and O–H groups in total. The molecule has 0 saturated heterocycles. The fraction of sp³-hybridized carbons (Fsp3) is 0. The fourth-order valence-corrected chi connectivity index (χ4v) is 7.39. The molecule has 0 unspecified atom stereocenters. The molecule has 9 rings (SSSR count). The molecule has 0 heterocycles. The van der Waals surface area contributed by atoms with Crippen LogP contribution < -0.4 is 10.6 Å². The molecule has 0 bridgehead atoms. The van der Waals surface area contributed by atoms with Gasteiger partial charge in [0.05, 0.1) is 11.4 Å². The molecule has 0 spiro atoms. The number of anilines is 4. The van der Waals surface area contributed by atoms with E-state index < -0.39 is 0 Å². The molecule has 0 fully saturated rings. The lowest BCUT2D eigenvalue weighted by molar-refractivity contribution is 1.50. The van der Waals surface area contributed by atoms with E-state index in [9.17, 15) is 0 Å². The molecule has 9 aromatic rings. The van der Waals surface area contributed by atoms with Gasteiger partial charge in [0.1, 0.15) is 0 Å². The zero-order chi connectivity index (χ0) is 34.7. The van der Waals surface area contributed by atoms with Gasteiger partial charge < -0.3 is 10.6 Å². The van der Waals surface area contributed by atoms with Gasteiger partial charge in [-0.05, 0) is 90.8 Å². The van der Waals surface area contributed by atoms with Crippen molar-refractivity contribution in [2.24, 2.45) is 0 Å². The van der Waals surface area contributed by atoms with E-state index in [1.165, 1.54) is 60.5 Å². The van der Waals surface area contributed by atoms with Gasteiger partial charge in [0.25, 0.3) is 0 Å². The van der Waals surface area contributed by atoms with E-state index in [0.717, 1.165) is 28.3 Å². The van der Waals surface area contributed by atoms with E-state index in [0.29, 0.717) is 0 Å². The second kappa shape index (κ2) is 13.8. The van der Waals surface area contributed by atoms with Gasteiger partial charge >= 0.3 is 0 Å². The van der Waals surface area contributed by atoms with Crippen LogP contribution in [-0.2, 0) is 0 Å². The molecule has 52 heavy (non-hydrogen) atoms. The predicted octanol–water partition coefficient (Wildman–Crippen LogP) is 14.1. The minimum Gasteiger partial charge on any atom is -0.354 e. The summed E-state index contributed by atoms with van der Waals surface area (Å²) in [4.78, 5) is 0. The second-order valence-corrected chi connectivity index (χ2v) is 13.1. The smallest absolute Gasteiger partial charge is 0.0623 e. The molecular formula is C50H36N2. The summed E-state index contributed by atoms with van der Waals surface area (Å²) in [6.07, 6.45) is 0. The summed E-state index contributed by atoms with van der Waals surface area (Å²) in [7, 11) is 0. The lowest BCUT2D eigenvalue weighted by atomic mass is 9.85. The van der Waals surface area contributed by atoms with E-state index in [1.54, 1.807) is 0 Å². The van der Waals surface area contributed by atoms with Crippen molar-refractivity contribution in [1.82, 2.24) is 0 Å². The van der Waals surface area contributed by atoms with Gasteiger partial charge in [-0.15, -0.1) is 0 Å². The third-order valence-corrected chi connectivity index (χ3v) is 9.87. The molecule has 0 aliphatic rings. The lowest BCUT2D eigenvalue weighted by Crippen LogP contribution is -1.98. The highest BCUT2D eigenvalue weighted by atomic mass is 15.0. The minimum absolute atomic E-state index is 1.01. The average molecular weight is 665 g/mol. The molecule has 2 nitrogen and oxygen atoms in total. The van der Waals surface area contributed by atoms with E-state index >= 15 is 0 Å². The summed E-state index contributed by atoms with van der Waals surface area (Å²) in [6, 6.07) is 73.4. The fourth-order valence-electron chi connectivity index (χ4n) is 7.39. The topological polar surface area (TPSA) is 24.1 Å². The predicted molar refractivity (Wildman–Crippen MR) is 223 cm³/mol.